The van der Waals surface area contributed by atoms with Crippen molar-refractivity contribution < 1.29 is 17.7 Å². The van der Waals surface area contributed by atoms with E-state index < -0.39 is 21.4 Å². The molecule has 0 atom stereocenters. The Kier molecular flexibility index (Phi) is 5.14. The number of benzene rings is 2. The maximum absolute atomic E-state index is 14.2. The van der Waals surface area contributed by atoms with E-state index in [1.807, 2.05) is 0 Å². The van der Waals surface area contributed by atoms with E-state index >= 15 is 0 Å². The molecule has 0 radical (unpaired) electrons. The Morgan fingerprint density at radius 3 is 2.48 bits per heavy atom. The van der Waals surface area contributed by atoms with Crippen LogP contribution in [0.3, 0.4) is 0 Å². The van der Waals surface area contributed by atoms with Crippen molar-refractivity contribution in [3.05, 3.63) is 76.8 Å². The minimum Gasteiger partial charge on any atom is -0.454 e. The van der Waals surface area contributed by atoms with Crippen molar-refractivity contribution in [3.8, 4) is 22.6 Å². The molecule has 4 rings (SSSR count). The average molecular weight is 443 g/mol. The van der Waals surface area contributed by atoms with Gasteiger partial charge in [0, 0.05) is 64.3 Å². The molecule has 0 amide bonds. The van der Waals surface area contributed by atoms with Gasteiger partial charge in [0.25, 0.3) is 5.56 Å². The van der Waals surface area contributed by atoms with Crippen molar-refractivity contribution in [2.24, 2.45) is 11.4 Å². The molecule has 0 aliphatic heterocycles. The summed E-state index contributed by atoms with van der Waals surface area (Å²) in [6.45, 7) is 0. The Morgan fingerprint density at radius 1 is 1.03 bits per heavy atom. The van der Waals surface area contributed by atoms with E-state index in [4.69, 9.17) is 4.74 Å². The van der Waals surface area contributed by atoms with E-state index in [9.17, 15) is 17.8 Å². The molecule has 9 heteroatoms. The molecule has 6 nitrogen and oxygen atoms in total. The first-order valence-electron chi connectivity index (χ1n) is 9.23. The van der Waals surface area contributed by atoms with Crippen LogP contribution in [0, 0.1) is 11.6 Å². The summed E-state index contributed by atoms with van der Waals surface area (Å²) >= 11 is 0. The van der Waals surface area contributed by atoms with E-state index in [1.165, 1.54) is 23.1 Å². The number of fused-ring (bicyclic) bond motifs is 1. The maximum Gasteiger partial charge on any atom is 0.274 e. The molecule has 0 aliphatic carbocycles. The van der Waals surface area contributed by atoms with Gasteiger partial charge in [-0.15, -0.1) is 0 Å². The molecule has 1 N–H and O–H groups in total. The van der Waals surface area contributed by atoms with Gasteiger partial charge in [-0.25, -0.2) is 13.0 Å². The normalized spacial score (nSPS) is 11.6. The third-order valence-electron chi connectivity index (χ3n) is 4.59. The molecule has 2 aromatic heterocycles. The Hall–Kier alpha value is -3.46. The van der Waals surface area contributed by atoms with Gasteiger partial charge in [-0.2, -0.15) is 4.36 Å². The molecular weight excluding hydrogens is 424 g/mol. The summed E-state index contributed by atoms with van der Waals surface area (Å²) in [6.07, 6.45) is 6.32. The Morgan fingerprint density at radius 2 is 1.77 bits per heavy atom. The van der Waals surface area contributed by atoms with Crippen LogP contribution in [0.4, 0.5) is 14.5 Å². The standard InChI is InChI=1S/C22H19F2N3O3S/c1-27-12-17(15-8-9-25-21(15)22(27)28)16-11-14(26-31(2,3)29)5-7-19(16)30-20-6-4-13(23)10-18(20)24/h4-12,25H,1-3H3. The summed E-state index contributed by atoms with van der Waals surface area (Å²) in [5, 5.41) is 0.637. The predicted molar refractivity (Wildman–Crippen MR) is 117 cm³/mol. The number of aromatic nitrogens is 2. The zero-order chi connectivity index (χ0) is 22.3. The molecule has 0 fully saturated rings. The van der Waals surface area contributed by atoms with Crippen LogP contribution in [0.2, 0.25) is 0 Å². The van der Waals surface area contributed by atoms with E-state index in [0.717, 1.165) is 12.1 Å². The molecule has 0 saturated carbocycles. The zero-order valence-corrected chi connectivity index (χ0v) is 17.8. The fraction of sp³-hybridized carbons (Fsp3) is 0.136. The van der Waals surface area contributed by atoms with Crippen molar-refractivity contribution in [2.45, 2.75) is 0 Å². The number of aryl methyl sites for hydroxylation is 1. The van der Waals surface area contributed by atoms with Gasteiger partial charge in [-0.1, -0.05) is 0 Å². The van der Waals surface area contributed by atoms with Crippen LogP contribution < -0.4 is 10.3 Å². The Bertz CT molecular complexity index is 1490. The SMILES string of the molecule is Cn1cc(-c2cc(N=S(C)(C)=O)ccc2Oc2ccc(F)cc2F)c2cc[nH]c2c1=O. The average Bonchev–Trinajstić information content (AvgIpc) is 3.17. The van der Waals surface area contributed by atoms with Gasteiger partial charge >= 0.3 is 0 Å². The number of aromatic amines is 1. The molecule has 0 saturated heterocycles. The molecule has 160 valence electrons. The van der Waals surface area contributed by atoms with Crippen LogP contribution in [0.15, 0.2) is 64.0 Å². The highest BCUT2D eigenvalue weighted by Crippen LogP contribution is 2.39. The third-order valence-corrected chi connectivity index (χ3v) is 5.24. The van der Waals surface area contributed by atoms with Crippen LogP contribution in [0.5, 0.6) is 11.5 Å². The fourth-order valence-corrected chi connectivity index (χ4v) is 3.91. The highest BCUT2D eigenvalue weighted by Gasteiger charge is 2.17. The molecule has 0 bridgehead atoms. The first-order chi connectivity index (χ1) is 14.6. The Labute approximate surface area is 177 Å². The second-order valence-corrected chi connectivity index (χ2v) is 9.90. The Balaban J connectivity index is 1.97. The highest BCUT2D eigenvalue weighted by atomic mass is 32.2. The number of H-pyrrole nitrogens is 1. The molecular formula is C22H19F2N3O3S. The quantitative estimate of drug-likeness (QED) is 0.484. The lowest BCUT2D eigenvalue weighted by Crippen LogP contribution is -2.16. The summed E-state index contributed by atoms with van der Waals surface area (Å²) in [5.74, 6) is -1.45. The summed E-state index contributed by atoms with van der Waals surface area (Å²) in [5.41, 5.74) is 1.77. The second-order valence-electron chi connectivity index (χ2n) is 7.35. The summed E-state index contributed by atoms with van der Waals surface area (Å²) in [7, 11) is -0.818. The van der Waals surface area contributed by atoms with Gasteiger partial charge in [-0.05, 0) is 36.4 Å². The van der Waals surface area contributed by atoms with Gasteiger partial charge in [0.2, 0.25) is 0 Å². The van der Waals surface area contributed by atoms with Gasteiger partial charge in [0.05, 0.1) is 5.69 Å². The highest BCUT2D eigenvalue weighted by molar-refractivity contribution is 7.92. The summed E-state index contributed by atoms with van der Waals surface area (Å²) < 4.78 is 51.1. The van der Waals surface area contributed by atoms with Gasteiger partial charge < -0.3 is 14.3 Å². The molecule has 2 aromatic carbocycles. The lowest BCUT2D eigenvalue weighted by molar-refractivity contribution is 0.439. The molecule has 0 aliphatic rings. The molecule has 4 aromatic rings. The molecule has 0 unspecified atom stereocenters. The van der Waals surface area contributed by atoms with E-state index in [-0.39, 0.29) is 17.1 Å². The number of halogens is 2. The van der Waals surface area contributed by atoms with Gasteiger partial charge in [-0.3, -0.25) is 4.79 Å². The minimum atomic E-state index is -2.43. The molecule has 0 spiro atoms. The van der Waals surface area contributed by atoms with Crippen LogP contribution in [0.25, 0.3) is 22.0 Å². The van der Waals surface area contributed by atoms with Crippen LogP contribution >= 0.6 is 0 Å². The van der Waals surface area contributed by atoms with Crippen molar-refractivity contribution in [1.29, 1.82) is 0 Å². The van der Waals surface area contributed by atoms with Crippen molar-refractivity contribution >= 4 is 26.3 Å². The number of nitrogens with zero attached hydrogens (tertiary/aromatic N) is 2. The van der Waals surface area contributed by atoms with Gasteiger partial charge in [0.15, 0.2) is 11.6 Å². The first kappa shape index (κ1) is 20.8. The lowest BCUT2D eigenvalue weighted by Gasteiger charge is -2.15. The van der Waals surface area contributed by atoms with Gasteiger partial charge in [0.1, 0.15) is 17.1 Å². The maximum atomic E-state index is 14.2. The fourth-order valence-electron chi connectivity index (χ4n) is 3.29. The number of ether oxygens (including phenoxy) is 1. The van der Waals surface area contributed by atoms with Crippen LogP contribution in [-0.4, -0.2) is 26.3 Å². The number of pyridine rings is 1. The third kappa shape index (κ3) is 4.22. The molecule has 2 heterocycles. The number of nitrogens with one attached hydrogen (secondary N) is 1. The number of hydrogen-bond acceptors (Lipinski definition) is 4. The number of hydrogen-bond donors (Lipinski definition) is 1. The number of rotatable bonds is 4. The first-order valence-corrected chi connectivity index (χ1v) is 11.6. The summed E-state index contributed by atoms with van der Waals surface area (Å²) in [4.78, 5) is 15.4. The zero-order valence-electron chi connectivity index (χ0n) is 17.0. The largest absolute Gasteiger partial charge is 0.454 e. The van der Waals surface area contributed by atoms with Crippen molar-refractivity contribution in [1.82, 2.24) is 9.55 Å². The van der Waals surface area contributed by atoms with Crippen LogP contribution in [0.1, 0.15) is 0 Å². The second kappa shape index (κ2) is 7.66. The topological polar surface area (TPSA) is 76.5 Å². The predicted octanol–water partition coefficient (Wildman–Crippen LogP) is 4.96. The smallest absolute Gasteiger partial charge is 0.274 e. The van der Waals surface area contributed by atoms with E-state index in [2.05, 4.69) is 9.35 Å². The van der Waals surface area contributed by atoms with Crippen LogP contribution in [-0.2, 0) is 16.8 Å². The van der Waals surface area contributed by atoms with E-state index in [0.29, 0.717) is 27.7 Å². The van der Waals surface area contributed by atoms with Crippen molar-refractivity contribution in [2.75, 3.05) is 12.5 Å². The summed E-state index contributed by atoms with van der Waals surface area (Å²) in [6, 6.07) is 9.62. The minimum absolute atomic E-state index is 0.155. The van der Waals surface area contributed by atoms with E-state index in [1.54, 1.807) is 43.7 Å². The lowest BCUT2D eigenvalue weighted by atomic mass is 10.0. The van der Waals surface area contributed by atoms with Crippen molar-refractivity contribution in [3.63, 3.8) is 0 Å². The molecule has 31 heavy (non-hydrogen) atoms. The monoisotopic (exact) mass is 443 g/mol.